The Bertz CT molecular complexity index is 97.2. The quantitative estimate of drug-likeness (QED) is 0.226. The molecule has 0 aliphatic rings. The summed E-state index contributed by atoms with van der Waals surface area (Å²) in [7, 11) is -5.17. The summed E-state index contributed by atoms with van der Waals surface area (Å²) in [5.41, 5.74) is 0. The van der Waals surface area contributed by atoms with E-state index in [-0.39, 0.29) is 64.8 Å². The van der Waals surface area contributed by atoms with Crippen molar-refractivity contribution in [2.75, 3.05) is 0 Å². The van der Waals surface area contributed by atoms with Crippen LogP contribution in [0.25, 0.3) is 0 Å². The van der Waals surface area contributed by atoms with Crippen molar-refractivity contribution in [1.29, 1.82) is 0 Å². The van der Waals surface area contributed by atoms with E-state index < -0.39 is 10.4 Å². The Balaban J connectivity index is -0.0000000267. The summed E-state index contributed by atoms with van der Waals surface area (Å²) >= 11 is 0. The number of hydrogen-bond donors (Lipinski definition) is 0. The van der Waals surface area contributed by atoms with Gasteiger partial charge in [0.05, 0.1) is 0 Å². The molecule has 0 amide bonds. The van der Waals surface area contributed by atoms with Gasteiger partial charge < -0.3 is 9.11 Å². The van der Waals surface area contributed by atoms with E-state index in [2.05, 4.69) is 0 Å². The number of hydrogen-bond acceptors (Lipinski definition) is 4. The van der Waals surface area contributed by atoms with Crippen LogP contribution in [0.3, 0.4) is 0 Å². The molecule has 0 saturated heterocycles. The molecule has 40 valence electrons. The molecule has 0 aromatic heterocycles. The maximum atomic E-state index is 8.52. The van der Waals surface area contributed by atoms with Gasteiger partial charge >= 0.3 is 51.3 Å². The van der Waals surface area contributed by atoms with Gasteiger partial charge in [-0.1, -0.05) is 0 Å². The average molecular weight is 201 g/mol. The van der Waals surface area contributed by atoms with E-state index in [1.165, 1.54) is 0 Å². The summed E-state index contributed by atoms with van der Waals surface area (Å²) < 4.78 is 34.1. The molecular weight excluding hydrogens is 199 g/mol. The van der Waals surface area contributed by atoms with Gasteiger partial charge in [0, 0.05) is 10.4 Å². The van der Waals surface area contributed by atoms with E-state index in [9.17, 15) is 0 Å². The van der Waals surface area contributed by atoms with E-state index in [4.69, 9.17) is 17.5 Å². The van der Waals surface area contributed by atoms with Crippen LogP contribution in [0.4, 0.5) is 0 Å². The van der Waals surface area contributed by atoms with E-state index in [1.54, 1.807) is 0 Å². The summed E-state index contributed by atoms with van der Waals surface area (Å²) in [4.78, 5) is 0. The van der Waals surface area contributed by atoms with Crippen molar-refractivity contribution in [2.45, 2.75) is 0 Å². The van der Waals surface area contributed by atoms with Crippen LogP contribution < -0.4 is 29.6 Å². The van der Waals surface area contributed by atoms with Crippen LogP contribution in [0.2, 0.25) is 0 Å². The van der Waals surface area contributed by atoms with Crippen molar-refractivity contribution in [3.63, 3.8) is 0 Å². The molecule has 0 heterocycles. The van der Waals surface area contributed by atoms with Crippen LogP contribution in [-0.2, 0) is 32.1 Å². The third-order valence-corrected chi connectivity index (χ3v) is 0. The van der Waals surface area contributed by atoms with Gasteiger partial charge in [0.1, 0.15) is 0 Å². The molecule has 0 bridgehead atoms. The van der Waals surface area contributed by atoms with Crippen LogP contribution in [0.15, 0.2) is 0 Å². The van der Waals surface area contributed by atoms with Crippen molar-refractivity contribution >= 4 is 23.9 Å². The van der Waals surface area contributed by atoms with E-state index in [1.807, 2.05) is 0 Å². The van der Waals surface area contributed by atoms with Gasteiger partial charge in [0.15, 0.2) is 0 Å². The van der Waals surface area contributed by atoms with E-state index in [0.717, 1.165) is 0 Å². The van der Waals surface area contributed by atoms with Crippen molar-refractivity contribution in [3.8, 4) is 0 Å². The van der Waals surface area contributed by atoms with Gasteiger partial charge in [0.25, 0.3) is 0 Å². The van der Waals surface area contributed by atoms with E-state index in [0.29, 0.717) is 0 Å². The zero-order chi connectivity index (χ0) is 4.50. The normalized spacial score (nSPS) is 7.25. The second-order valence-corrected chi connectivity index (χ2v) is 1.22. The Morgan fingerprint density at radius 2 is 1.12 bits per heavy atom. The molecule has 8 heavy (non-hydrogen) atoms. The molecular formula is H2NaO4S2Ti+3. The van der Waals surface area contributed by atoms with Crippen LogP contribution in [0.5, 0.6) is 0 Å². The zero-order valence-electron chi connectivity index (χ0n) is 4.04. The maximum absolute atomic E-state index is 8.52. The van der Waals surface area contributed by atoms with Gasteiger partial charge in [-0.15, -0.1) is 0 Å². The van der Waals surface area contributed by atoms with Gasteiger partial charge in [-0.25, -0.2) is 0 Å². The first-order chi connectivity index (χ1) is 2.00. The van der Waals surface area contributed by atoms with Crippen molar-refractivity contribution in [3.05, 3.63) is 0 Å². The smallest absolute Gasteiger partial charge is 0.759 e. The predicted octanol–water partition coefficient (Wildman–Crippen LogP) is -4.22. The fourth-order valence-electron chi connectivity index (χ4n) is 0. The fraction of sp³-hybridized carbons (Fsp3) is 0. The molecule has 0 rings (SSSR count). The van der Waals surface area contributed by atoms with Gasteiger partial charge in [-0.05, 0) is 0 Å². The van der Waals surface area contributed by atoms with Crippen molar-refractivity contribution in [2.24, 2.45) is 0 Å². The Morgan fingerprint density at radius 1 is 1.12 bits per heavy atom. The summed E-state index contributed by atoms with van der Waals surface area (Å²) in [6.45, 7) is 0. The van der Waals surface area contributed by atoms with E-state index >= 15 is 0 Å². The summed E-state index contributed by atoms with van der Waals surface area (Å²) in [5, 5.41) is 0. The minimum absolute atomic E-state index is 0. The second kappa shape index (κ2) is 8.93. The third kappa shape index (κ3) is 102. The van der Waals surface area contributed by atoms with Gasteiger partial charge in [-0.2, -0.15) is 13.5 Å². The largest absolute Gasteiger partial charge is 4.00 e. The number of rotatable bonds is 0. The van der Waals surface area contributed by atoms with Gasteiger partial charge in [-0.3, -0.25) is 8.42 Å². The molecule has 0 aromatic rings. The summed E-state index contributed by atoms with van der Waals surface area (Å²) in [6.07, 6.45) is 0. The van der Waals surface area contributed by atoms with Crippen LogP contribution in [0.1, 0.15) is 0 Å². The van der Waals surface area contributed by atoms with Crippen molar-refractivity contribution in [1.82, 2.24) is 0 Å². The first kappa shape index (κ1) is 22.5. The fourth-order valence-corrected chi connectivity index (χ4v) is 0. The Labute approximate surface area is 91.6 Å². The zero-order valence-corrected chi connectivity index (χ0v) is 9.42. The standard InChI is InChI=1S/Na.H2O4S.H2S.Ti/c;1-5(2,3)4;;/h;(H2,1,2,3,4);1H2;/q+1;;;+4/p-2. The molecule has 0 aliphatic carbocycles. The Morgan fingerprint density at radius 3 is 1.12 bits per heavy atom. The minimum Gasteiger partial charge on any atom is -0.759 e. The second-order valence-electron chi connectivity index (χ2n) is 0.408. The van der Waals surface area contributed by atoms with Crippen LogP contribution >= 0.6 is 13.5 Å². The topological polar surface area (TPSA) is 80.3 Å². The van der Waals surface area contributed by atoms with Crippen LogP contribution in [0, 0.1) is 0 Å². The molecule has 0 atom stereocenters. The minimum atomic E-state index is -5.17. The third-order valence-electron chi connectivity index (χ3n) is 0. The SMILES string of the molecule is O=S(=O)([O-])[O-].S.[Na+].[Ti+4]. The molecule has 0 saturated carbocycles. The molecule has 0 spiro atoms. The molecule has 0 aliphatic heterocycles. The molecule has 8 heteroatoms. The molecule has 4 nitrogen and oxygen atoms in total. The first-order valence-corrected chi connectivity index (χ1v) is 2.00. The molecule has 0 N–H and O–H groups in total. The average Bonchev–Trinajstić information content (AvgIpc) is 0.722. The molecule has 0 unspecified atom stereocenters. The predicted molar refractivity (Wildman–Crippen MR) is 20.9 cm³/mol. The summed E-state index contributed by atoms with van der Waals surface area (Å²) in [5.74, 6) is 0. The summed E-state index contributed by atoms with van der Waals surface area (Å²) in [6, 6.07) is 0. The molecule has 0 aromatic carbocycles. The van der Waals surface area contributed by atoms with Crippen LogP contribution in [-0.4, -0.2) is 17.5 Å². The van der Waals surface area contributed by atoms with Crippen molar-refractivity contribution < 1.29 is 68.8 Å². The Hall–Kier alpha value is 1.93. The maximum Gasteiger partial charge on any atom is 4.00 e. The molecule has 0 radical (unpaired) electrons. The van der Waals surface area contributed by atoms with Gasteiger partial charge in [0.2, 0.25) is 0 Å². The first-order valence-electron chi connectivity index (χ1n) is 0.667. The Kier molecular flexibility index (Phi) is 25.1. The molecule has 0 fully saturated rings. The monoisotopic (exact) mass is 201 g/mol.